The first-order valence-electron chi connectivity index (χ1n) is 6.44. The molecule has 0 spiro atoms. The minimum atomic E-state index is 0.139. The van der Waals surface area contributed by atoms with Gasteiger partial charge in [-0.3, -0.25) is 0 Å². The minimum Gasteiger partial charge on any atom is -0.374 e. The summed E-state index contributed by atoms with van der Waals surface area (Å²) >= 11 is 2.34. The number of alkyl halides is 1. The molecule has 0 saturated carbocycles. The Hall–Kier alpha value is -0.420. The van der Waals surface area contributed by atoms with Crippen LogP contribution in [0.3, 0.4) is 0 Å². The zero-order chi connectivity index (χ0) is 13.2. The largest absolute Gasteiger partial charge is 0.374 e. The summed E-state index contributed by atoms with van der Waals surface area (Å²) in [5.74, 6) is 0. The molecule has 3 heteroatoms. The van der Waals surface area contributed by atoms with Gasteiger partial charge in [-0.05, 0) is 13.8 Å². The standard InChI is InChI=1S/C15H21INO/c1-12-15(2,3)13-6-4-5-7-14(13)17(12)9-11-18-10-8-16/h4-7H,8-11H2,1-3H3/q+1. The van der Waals surface area contributed by atoms with Crippen molar-refractivity contribution in [2.75, 3.05) is 24.2 Å². The highest BCUT2D eigenvalue weighted by atomic mass is 127. The van der Waals surface area contributed by atoms with Crippen LogP contribution < -0.4 is 0 Å². The van der Waals surface area contributed by atoms with Gasteiger partial charge < -0.3 is 4.74 Å². The molecule has 18 heavy (non-hydrogen) atoms. The van der Waals surface area contributed by atoms with Crippen LogP contribution in [-0.4, -0.2) is 34.5 Å². The van der Waals surface area contributed by atoms with Crippen molar-refractivity contribution in [3.05, 3.63) is 29.8 Å². The number of para-hydroxylation sites is 1. The summed E-state index contributed by atoms with van der Waals surface area (Å²) in [4.78, 5) is 0. The topological polar surface area (TPSA) is 12.2 Å². The summed E-state index contributed by atoms with van der Waals surface area (Å²) in [6, 6.07) is 8.70. The van der Waals surface area contributed by atoms with Crippen LogP contribution in [0.2, 0.25) is 0 Å². The predicted octanol–water partition coefficient (Wildman–Crippen LogP) is 3.53. The number of ether oxygens (including phenoxy) is 1. The van der Waals surface area contributed by atoms with Crippen LogP contribution in [-0.2, 0) is 10.2 Å². The average Bonchev–Trinajstić information content (AvgIpc) is 2.56. The maximum absolute atomic E-state index is 5.61. The van der Waals surface area contributed by atoms with Gasteiger partial charge in [0.2, 0.25) is 5.69 Å². The van der Waals surface area contributed by atoms with E-state index in [0.717, 1.165) is 24.2 Å². The molecule has 1 aromatic rings. The van der Waals surface area contributed by atoms with Crippen molar-refractivity contribution in [3.8, 4) is 0 Å². The van der Waals surface area contributed by atoms with Gasteiger partial charge in [-0.1, -0.05) is 40.8 Å². The Labute approximate surface area is 123 Å². The van der Waals surface area contributed by atoms with Gasteiger partial charge >= 0.3 is 0 Å². The highest BCUT2D eigenvalue weighted by molar-refractivity contribution is 14.1. The van der Waals surface area contributed by atoms with Gasteiger partial charge in [0, 0.05) is 23.0 Å². The number of halogens is 1. The predicted molar refractivity (Wildman–Crippen MR) is 84.6 cm³/mol. The van der Waals surface area contributed by atoms with E-state index in [1.165, 1.54) is 17.0 Å². The van der Waals surface area contributed by atoms with Gasteiger partial charge in [0.1, 0.15) is 6.61 Å². The number of hydrogen-bond acceptors (Lipinski definition) is 1. The zero-order valence-electron chi connectivity index (χ0n) is 11.4. The van der Waals surface area contributed by atoms with Gasteiger partial charge in [-0.15, -0.1) is 0 Å². The van der Waals surface area contributed by atoms with Crippen molar-refractivity contribution in [1.29, 1.82) is 0 Å². The monoisotopic (exact) mass is 358 g/mol. The molecule has 0 radical (unpaired) electrons. The number of fused-ring (bicyclic) bond motifs is 1. The number of benzene rings is 1. The molecule has 1 aliphatic heterocycles. The second-order valence-corrected chi connectivity index (χ2v) is 6.26. The molecule has 0 aromatic heterocycles. The van der Waals surface area contributed by atoms with Crippen LogP contribution in [0.1, 0.15) is 26.3 Å². The molecular formula is C15H21INO+. The SMILES string of the molecule is CC1=[N+](CCOCCI)c2ccccc2C1(C)C. The third kappa shape index (κ3) is 2.48. The molecule has 0 atom stereocenters. The molecule has 98 valence electrons. The third-order valence-corrected chi connectivity index (χ3v) is 4.30. The molecule has 0 amide bonds. The number of rotatable bonds is 5. The van der Waals surface area contributed by atoms with Crippen molar-refractivity contribution in [2.45, 2.75) is 26.2 Å². The number of hydrogen-bond donors (Lipinski definition) is 0. The molecule has 1 aliphatic rings. The highest BCUT2D eigenvalue weighted by Gasteiger charge is 2.42. The van der Waals surface area contributed by atoms with Gasteiger partial charge in [0.05, 0.1) is 12.0 Å². The van der Waals surface area contributed by atoms with Gasteiger partial charge in [0.15, 0.2) is 12.3 Å². The lowest BCUT2D eigenvalue weighted by Gasteiger charge is -2.14. The van der Waals surface area contributed by atoms with E-state index >= 15 is 0 Å². The van der Waals surface area contributed by atoms with Crippen LogP contribution in [0.5, 0.6) is 0 Å². The lowest BCUT2D eigenvalue weighted by Crippen LogP contribution is -2.27. The maximum atomic E-state index is 5.61. The van der Waals surface area contributed by atoms with Crippen LogP contribution in [0.15, 0.2) is 24.3 Å². The third-order valence-electron chi connectivity index (χ3n) is 3.86. The van der Waals surface area contributed by atoms with Gasteiger partial charge in [-0.25, -0.2) is 0 Å². The summed E-state index contributed by atoms with van der Waals surface area (Å²) in [7, 11) is 0. The van der Waals surface area contributed by atoms with Crippen LogP contribution >= 0.6 is 22.6 Å². The molecule has 0 bridgehead atoms. The molecule has 1 aromatic carbocycles. The Balaban J connectivity index is 2.21. The summed E-state index contributed by atoms with van der Waals surface area (Å²) in [6.07, 6.45) is 0. The molecule has 0 unspecified atom stereocenters. The van der Waals surface area contributed by atoms with Crippen LogP contribution in [0.25, 0.3) is 0 Å². The Bertz CT molecular complexity index is 465. The fraction of sp³-hybridized carbons (Fsp3) is 0.533. The molecule has 0 saturated heterocycles. The first-order valence-corrected chi connectivity index (χ1v) is 7.96. The molecule has 0 aliphatic carbocycles. The Morgan fingerprint density at radius 3 is 2.67 bits per heavy atom. The lowest BCUT2D eigenvalue weighted by molar-refractivity contribution is -0.443. The fourth-order valence-corrected chi connectivity index (χ4v) is 2.86. The van der Waals surface area contributed by atoms with E-state index in [4.69, 9.17) is 4.74 Å². The van der Waals surface area contributed by atoms with Crippen molar-refractivity contribution in [2.24, 2.45) is 0 Å². The Kier molecular flexibility index (Phi) is 4.43. The maximum Gasteiger partial charge on any atom is 0.209 e. The van der Waals surface area contributed by atoms with Gasteiger partial charge in [0.25, 0.3) is 0 Å². The number of nitrogens with zero attached hydrogens (tertiary/aromatic N) is 1. The second kappa shape index (κ2) is 5.70. The molecule has 2 nitrogen and oxygen atoms in total. The van der Waals surface area contributed by atoms with E-state index in [1.54, 1.807) is 0 Å². The normalized spacial score (nSPS) is 17.1. The summed E-state index contributed by atoms with van der Waals surface area (Å²) in [5, 5.41) is 0. The molecular weight excluding hydrogens is 337 g/mol. The van der Waals surface area contributed by atoms with E-state index in [1.807, 2.05) is 0 Å². The van der Waals surface area contributed by atoms with Crippen LogP contribution in [0, 0.1) is 0 Å². The zero-order valence-corrected chi connectivity index (χ0v) is 13.5. The molecule has 0 fully saturated rings. The van der Waals surface area contributed by atoms with Crippen molar-refractivity contribution < 1.29 is 9.31 Å². The van der Waals surface area contributed by atoms with E-state index in [-0.39, 0.29) is 5.41 Å². The molecule has 2 rings (SSSR count). The smallest absolute Gasteiger partial charge is 0.209 e. The van der Waals surface area contributed by atoms with Crippen molar-refractivity contribution in [1.82, 2.24) is 0 Å². The van der Waals surface area contributed by atoms with Gasteiger partial charge in [-0.2, -0.15) is 4.58 Å². The molecule has 0 N–H and O–H groups in total. The van der Waals surface area contributed by atoms with E-state index < -0.39 is 0 Å². The van der Waals surface area contributed by atoms with E-state index in [9.17, 15) is 0 Å². The summed E-state index contributed by atoms with van der Waals surface area (Å²) in [5.41, 5.74) is 4.33. The quantitative estimate of drug-likeness (QED) is 0.340. The van der Waals surface area contributed by atoms with E-state index in [2.05, 4.69) is 72.2 Å². The van der Waals surface area contributed by atoms with Crippen molar-refractivity contribution >= 4 is 34.0 Å². The Morgan fingerprint density at radius 1 is 1.22 bits per heavy atom. The minimum absolute atomic E-state index is 0.139. The van der Waals surface area contributed by atoms with Crippen LogP contribution in [0.4, 0.5) is 5.69 Å². The first kappa shape index (κ1) is 14.0. The summed E-state index contributed by atoms with van der Waals surface area (Å²) < 4.78 is 9.08. The first-order chi connectivity index (χ1) is 8.59. The fourth-order valence-electron chi connectivity index (χ4n) is 2.55. The van der Waals surface area contributed by atoms with Crippen molar-refractivity contribution in [3.63, 3.8) is 0 Å². The average molecular weight is 358 g/mol. The van der Waals surface area contributed by atoms with E-state index in [0.29, 0.717) is 0 Å². The Morgan fingerprint density at radius 2 is 1.94 bits per heavy atom. The molecule has 1 heterocycles. The summed E-state index contributed by atoms with van der Waals surface area (Å²) in [6.45, 7) is 9.42. The highest BCUT2D eigenvalue weighted by Crippen LogP contribution is 2.38. The second-order valence-electron chi connectivity index (χ2n) is 5.18. The lowest BCUT2D eigenvalue weighted by atomic mass is 9.82.